The molecule has 0 N–H and O–H groups in total. The molecular weight excluding hydrogens is 284 g/mol. The Morgan fingerprint density at radius 3 is 2.19 bits per heavy atom. The van der Waals surface area contributed by atoms with Crippen molar-refractivity contribution in [2.45, 2.75) is 26.4 Å². The summed E-state index contributed by atoms with van der Waals surface area (Å²) in [6.07, 6.45) is -0.982. The molecule has 0 saturated carbocycles. The van der Waals surface area contributed by atoms with E-state index in [2.05, 4.69) is 0 Å². The monoisotopic (exact) mass is 296 g/mol. The zero-order valence-corrected chi connectivity index (χ0v) is 11.3. The molecule has 0 amide bonds. The van der Waals surface area contributed by atoms with E-state index in [-0.39, 0.29) is 5.56 Å². The first kappa shape index (κ1) is 16.2. The summed E-state index contributed by atoms with van der Waals surface area (Å²) in [5, 5.41) is 21.4. The van der Waals surface area contributed by atoms with E-state index in [1.165, 1.54) is 0 Å². The minimum Gasteiger partial charge on any atom is -0.463 e. The number of Topliss-reactive ketones (excluding diaryl/α,β-unsaturated/α-hetero) is 1. The van der Waals surface area contributed by atoms with Gasteiger partial charge in [0.25, 0.3) is 0 Å². The molecule has 9 nitrogen and oxygen atoms in total. The van der Waals surface area contributed by atoms with Gasteiger partial charge in [0.1, 0.15) is 6.42 Å². The Bertz CT molecular complexity index is 610. The van der Waals surface area contributed by atoms with E-state index in [1.807, 2.05) is 0 Å². The number of nitrogens with zero attached hydrogens (tertiary/aromatic N) is 2. The van der Waals surface area contributed by atoms with Crippen LogP contribution in [0.5, 0.6) is 0 Å². The van der Waals surface area contributed by atoms with Crippen LogP contribution in [-0.2, 0) is 9.53 Å². The summed E-state index contributed by atoms with van der Waals surface area (Å²) in [6, 6.07) is 2.71. The van der Waals surface area contributed by atoms with Crippen LogP contribution in [0.25, 0.3) is 0 Å². The number of ketones is 1. The summed E-state index contributed by atoms with van der Waals surface area (Å²) >= 11 is 0. The van der Waals surface area contributed by atoms with E-state index >= 15 is 0 Å². The topological polar surface area (TPSA) is 130 Å². The Morgan fingerprint density at radius 2 is 1.71 bits per heavy atom. The fourth-order valence-electron chi connectivity index (χ4n) is 1.54. The van der Waals surface area contributed by atoms with E-state index in [4.69, 9.17) is 4.74 Å². The SMILES string of the molecule is CC(C)OC(=O)CC(=O)c1ccc([N+](=O)[O-])c([N+](=O)[O-])c1. The first-order valence-electron chi connectivity index (χ1n) is 5.88. The number of rotatable bonds is 6. The molecule has 0 saturated heterocycles. The van der Waals surface area contributed by atoms with Crippen molar-refractivity contribution in [2.24, 2.45) is 0 Å². The fraction of sp³-hybridized carbons (Fsp3) is 0.333. The van der Waals surface area contributed by atoms with E-state index < -0.39 is 45.5 Å². The largest absolute Gasteiger partial charge is 0.463 e. The van der Waals surface area contributed by atoms with Crippen molar-refractivity contribution in [3.63, 3.8) is 0 Å². The second kappa shape index (κ2) is 6.55. The number of carbonyl (C=O) groups excluding carboxylic acids is 2. The van der Waals surface area contributed by atoms with Crippen molar-refractivity contribution in [3.05, 3.63) is 44.0 Å². The molecule has 1 aromatic rings. The highest BCUT2D eigenvalue weighted by atomic mass is 16.6. The normalized spacial score (nSPS) is 10.2. The second-order valence-electron chi connectivity index (χ2n) is 4.36. The number of carbonyl (C=O) groups is 2. The molecule has 112 valence electrons. The van der Waals surface area contributed by atoms with Gasteiger partial charge in [0.15, 0.2) is 5.78 Å². The zero-order valence-electron chi connectivity index (χ0n) is 11.3. The van der Waals surface area contributed by atoms with Gasteiger partial charge in [-0.25, -0.2) is 0 Å². The van der Waals surface area contributed by atoms with Crippen molar-refractivity contribution in [3.8, 4) is 0 Å². The van der Waals surface area contributed by atoms with Gasteiger partial charge in [0.2, 0.25) is 0 Å². The van der Waals surface area contributed by atoms with Gasteiger partial charge >= 0.3 is 17.3 Å². The van der Waals surface area contributed by atoms with Crippen molar-refractivity contribution in [1.82, 2.24) is 0 Å². The lowest BCUT2D eigenvalue weighted by Gasteiger charge is -2.07. The molecule has 9 heteroatoms. The van der Waals surface area contributed by atoms with Crippen LogP contribution < -0.4 is 0 Å². The van der Waals surface area contributed by atoms with E-state index in [1.54, 1.807) is 13.8 Å². The summed E-state index contributed by atoms with van der Waals surface area (Å²) in [5.41, 5.74) is -1.68. The molecule has 0 fully saturated rings. The summed E-state index contributed by atoms with van der Waals surface area (Å²) in [7, 11) is 0. The van der Waals surface area contributed by atoms with E-state index in [9.17, 15) is 29.8 Å². The molecule has 0 bridgehead atoms. The Kier molecular flexibility index (Phi) is 5.06. The molecule has 0 spiro atoms. The Morgan fingerprint density at radius 1 is 1.14 bits per heavy atom. The number of nitro groups is 2. The molecule has 0 aliphatic heterocycles. The highest BCUT2D eigenvalue weighted by Gasteiger charge is 2.26. The third-order valence-electron chi connectivity index (χ3n) is 2.36. The summed E-state index contributed by atoms with van der Waals surface area (Å²) in [6.45, 7) is 3.22. The number of hydrogen-bond donors (Lipinski definition) is 0. The lowest BCUT2D eigenvalue weighted by molar-refractivity contribution is -0.422. The third-order valence-corrected chi connectivity index (χ3v) is 2.36. The minimum absolute atomic E-state index is 0.159. The van der Waals surface area contributed by atoms with Crippen LogP contribution in [-0.4, -0.2) is 27.7 Å². The third kappa shape index (κ3) is 4.34. The smallest absolute Gasteiger partial charge is 0.346 e. The molecule has 0 radical (unpaired) electrons. The van der Waals surface area contributed by atoms with Gasteiger partial charge in [0.05, 0.1) is 16.0 Å². The Labute approximate surface area is 118 Å². The van der Waals surface area contributed by atoms with Gasteiger partial charge in [-0.3, -0.25) is 29.8 Å². The van der Waals surface area contributed by atoms with Crippen LogP contribution in [0.3, 0.4) is 0 Å². The molecule has 0 aliphatic carbocycles. The molecule has 0 aliphatic rings. The predicted molar refractivity (Wildman–Crippen MR) is 69.9 cm³/mol. The summed E-state index contributed by atoms with van der Waals surface area (Å²) < 4.78 is 4.78. The van der Waals surface area contributed by atoms with Crippen LogP contribution in [0.2, 0.25) is 0 Å². The Hall–Kier alpha value is -2.84. The number of esters is 1. The number of benzene rings is 1. The standard InChI is InChI=1S/C12H12N2O7/c1-7(2)21-12(16)6-11(15)8-3-4-9(13(17)18)10(5-8)14(19)20/h3-5,7H,6H2,1-2H3. The van der Waals surface area contributed by atoms with E-state index in [0.29, 0.717) is 0 Å². The van der Waals surface area contributed by atoms with Crippen molar-refractivity contribution in [2.75, 3.05) is 0 Å². The van der Waals surface area contributed by atoms with Crippen LogP contribution >= 0.6 is 0 Å². The van der Waals surface area contributed by atoms with Gasteiger partial charge in [-0.1, -0.05) is 0 Å². The molecular formula is C12H12N2O7. The van der Waals surface area contributed by atoms with Crippen molar-refractivity contribution in [1.29, 1.82) is 0 Å². The van der Waals surface area contributed by atoms with Gasteiger partial charge in [-0.15, -0.1) is 0 Å². The zero-order chi connectivity index (χ0) is 16.2. The number of nitro benzene ring substituents is 2. The van der Waals surface area contributed by atoms with Crippen LogP contribution in [0.15, 0.2) is 18.2 Å². The van der Waals surface area contributed by atoms with Crippen LogP contribution in [0, 0.1) is 20.2 Å². The molecule has 0 heterocycles. The van der Waals surface area contributed by atoms with Gasteiger partial charge in [-0.05, 0) is 19.9 Å². The van der Waals surface area contributed by atoms with E-state index in [0.717, 1.165) is 18.2 Å². The quantitative estimate of drug-likeness (QED) is 0.258. The second-order valence-corrected chi connectivity index (χ2v) is 4.36. The lowest BCUT2D eigenvalue weighted by atomic mass is 10.1. The lowest BCUT2D eigenvalue weighted by Crippen LogP contribution is -2.15. The van der Waals surface area contributed by atoms with Gasteiger partial charge in [0, 0.05) is 17.7 Å². The fourth-order valence-corrected chi connectivity index (χ4v) is 1.54. The average Bonchev–Trinajstić information content (AvgIpc) is 2.36. The van der Waals surface area contributed by atoms with Gasteiger partial charge < -0.3 is 4.74 Å². The maximum Gasteiger partial charge on any atom is 0.346 e. The number of hydrogen-bond acceptors (Lipinski definition) is 7. The number of ether oxygens (including phenoxy) is 1. The maximum atomic E-state index is 11.8. The van der Waals surface area contributed by atoms with Gasteiger partial charge in [-0.2, -0.15) is 0 Å². The average molecular weight is 296 g/mol. The Balaban J connectivity index is 3.01. The maximum absolute atomic E-state index is 11.8. The predicted octanol–water partition coefficient (Wildman–Crippen LogP) is 2.03. The molecule has 0 atom stereocenters. The first-order chi connectivity index (χ1) is 9.72. The van der Waals surface area contributed by atoms with Crippen LogP contribution in [0.4, 0.5) is 11.4 Å². The van der Waals surface area contributed by atoms with Crippen molar-refractivity contribution >= 4 is 23.1 Å². The molecule has 1 aromatic carbocycles. The highest BCUT2D eigenvalue weighted by Crippen LogP contribution is 2.27. The summed E-state index contributed by atoms with van der Waals surface area (Å²) in [4.78, 5) is 42.7. The molecule has 1 rings (SSSR count). The highest BCUT2D eigenvalue weighted by molar-refractivity contribution is 6.06. The van der Waals surface area contributed by atoms with Crippen LogP contribution in [0.1, 0.15) is 30.6 Å². The molecule has 21 heavy (non-hydrogen) atoms. The first-order valence-corrected chi connectivity index (χ1v) is 5.88. The van der Waals surface area contributed by atoms with Crippen molar-refractivity contribution < 1.29 is 24.2 Å². The molecule has 0 unspecified atom stereocenters. The minimum atomic E-state index is -0.957. The molecule has 0 aromatic heterocycles. The summed E-state index contributed by atoms with van der Waals surface area (Å²) in [5.74, 6) is -1.48.